The molecular weight excluding hydrogens is 336 g/mol. The van der Waals surface area contributed by atoms with Gasteiger partial charge in [0, 0.05) is 31.5 Å². The second-order valence-electron chi connectivity index (χ2n) is 9.82. The van der Waals surface area contributed by atoms with Crippen LogP contribution in [0.3, 0.4) is 0 Å². The summed E-state index contributed by atoms with van der Waals surface area (Å²) < 4.78 is 0. The van der Waals surface area contributed by atoms with Crippen LogP contribution in [0.2, 0.25) is 0 Å². The third-order valence-electron chi connectivity index (χ3n) is 6.97. The van der Waals surface area contributed by atoms with Gasteiger partial charge < -0.3 is 10.2 Å². The van der Waals surface area contributed by atoms with Gasteiger partial charge in [-0.25, -0.2) is 0 Å². The molecule has 146 valence electrons. The molecule has 3 fully saturated rings. The van der Waals surface area contributed by atoms with Crippen LogP contribution in [-0.4, -0.2) is 36.3 Å². The van der Waals surface area contributed by atoms with Gasteiger partial charge in [0.25, 0.3) is 0 Å². The van der Waals surface area contributed by atoms with Gasteiger partial charge in [-0.2, -0.15) is 0 Å². The maximum Gasteiger partial charge on any atom is 0.227 e. The summed E-state index contributed by atoms with van der Waals surface area (Å²) in [6, 6.07) is 9.12. The van der Waals surface area contributed by atoms with E-state index in [9.17, 15) is 9.59 Å². The fourth-order valence-electron chi connectivity index (χ4n) is 5.02. The van der Waals surface area contributed by atoms with Gasteiger partial charge >= 0.3 is 0 Å². The molecule has 2 aliphatic heterocycles. The zero-order valence-electron chi connectivity index (χ0n) is 16.9. The zero-order valence-corrected chi connectivity index (χ0v) is 16.9. The lowest BCUT2D eigenvalue weighted by molar-refractivity contribution is -0.136. The first kappa shape index (κ1) is 18.5. The van der Waals surface area contributed by atoms with Crippen LogP contribution in [0.25, 0.3) is 0 Å². The highest BCUT2D eigenvalue weighted by molar-refractivity contribution is 5.82. The minimum atomic E-state index is -0.0353. The maximum absolute atomic E-state index is 13.0. The number of piperidine rings is 1. The molecule has 0 radical (unpaired) electrons. The summed E-state index contributed by atoms with van der Waals surface area (Å²) in [6.07, 6.45) is 4.47. The SMILES string of the molecule is CC(C)(C)c1cccc(C23CCN(C(=O)[C@@H]4CCCC(=O)NC4)CC2C3)c1. The number of hydrogen-bond acceptors (Lipinski definition) is 2. The van der Waals surface area contributed by atoms with Gasteiger partial charge in [-0.05, 0) is 48.1 Å². The molecule has 0 spiro atoms. The number of nitrogens with one attached hydrogen (secondary N) is 1. The van der Waals surface area contributed by atoms with E-state index in [2.05, 4.69) is 55.3 Å². The summed E-state index contributed by atoms with van der Waals surface area (Å²) in [5.41, 5.74) is 3.31. The number of hydrogen-bond donors (Lipinski definition) is 1. The van der Waals surface area contributed by atoms with E-state index < -0.39 is 0 Å². The predicted molar refractivity (Wildman–Crippen MR) is 106 cm³/mol. The summed E-state index contributed by atoms with van der Waals surface area (Å²) >= 11 is 0. The van der Waals surface area contributed by atoms with Crippen molar-refractivity contribution in [3.05, 3.63) is 35.4 Å². The first-order valence-electron chi connectivity index (χ1n) is 10.5. The van der Waals surface area contributed by atoms with Crippen LogP contribution in [-0.2, 0) is 20.4 Å². The highest BCUT2D eigenvalue weighted by atomic mass is 16.2. The molecule has 2 heterocycles. The van der Waals surface area contributed by atoms with Crippen LogP contribution in [0.1, 0.15) is 64.0 Å². The van der Waals surface area contributed by atoms with Crippen LogP contribution in [0.4, 0.5) is 0 Å². The highest BCUT2D eigenvalue weighted by Crippen LogP contribution is 2.59. The number of amides is 2. The smallest absolute Gasteiger partial charge is 0.227 e. The average Bonchev–Trinajstić information content (AvgIpc) is 3.41. The van der Waals surface area contributed by atoms with Gasteiger partial charge in [-0.15, -0.1) is 0 Å². The van der Waals surface area contributed by atoms with Crippen molar-refractivity contribution in [1.82, 2.24) is 10.2 Å². The topological polar surface area (TPSA) is 49.4 Å². The Morgan fingerprint density at radius 1 is 1.30 bits per heavy atom. The quantitative estimate of drug-likeness (QED) is 0.870. The number of benzene rings is 1. The van der Waals surface area contributed by atoms with Crippen molar-refractivity contribution in [1.29, 1.82) is 0 Å². The molecule has 4 nitrogen and oxygen atoms in total. The van der Waals surface area contributed by atoms with Gasteiger partial charge in [0.15, 0.2) is 0 Å². The molecule has 1 saturated carbocycles. The molecule has 4 heteroatoms. The fraction of sp³-hybridized carbons (Fsp3) is 0.652. The van der Waals surface area contributed by atoms with Crippen molar-refractivity contribution in [3.8, 4) is 0 Å². The third kappa shape index (κ3) is 3.51. The van der Waals surface area contributed by atoms with Gasteiger partial charge in [0.2, 0.25) is 11.8 Å². The number of rotatable bonds is 2. The molecule has 2 saturated heterocycles. The lowest BCUT2D eigenvalue weighted by Crippen LogP contribution is -2.45. The standard InChI is InChI=1S/C23H32N2O2/c1-22(2,3)17-7-5-8-18(12-17)23-10-11-25(15-19(23)13-23)21(27)16-6-4-9-20(26)24-14-16/h5,7-8,12,16,19H,4,6,9-11,13-15H2,1-3H3,(H,24,26)/t16-,19?,23?/m1/s1. The first-order valence-corrected chi connectivity index (χ1v) is 10.5. The second kappa shape index (κ2) is 6.65. The number of likely N-dealkylation sites (tertiary alicyclic amines) is 1. The van der Waals surface area contributed by atoms with E-state index in [1.165, 1.54) is 17.5 Å². The Morgan fingerprint density at radius 2 is 2.11 bits per heavy atom. The molecule has 0 bridgehead atoms. The van der Waals surface area contributed by atoms with E-state index in [-0.39, 0.29) is 28.6 Å². The molecular formula is C23H32N2O2. The molecule has 2 unspecified atom stereocenters. The largest absolute Gasteiger partial charge is 0.355 e. The van der Waals surface area contributed by atoms with Crippen molar-refractivity contribution >= 4 is 11.8 Å². The summed E-state index contributed by atoms with van der Waals surface area (Å²) in [7, 11) is 0. The lowest BCUT2D eigenvalue weighted by atomic mass is 9.81. The number of carbonyl (C=O) groups excluding carboxylic acids is 2. The Labute approximate surface area is 162 Å². The second-order valence-corrected chi connectivity index (χ2v) is 9.82. The highest BCUT2D eigenvalue weighted by Gasteiger charge is 2.58. The number of nitrogens with zero attached hydrogens (tertiary/aromatic N) is 1. The van der Waals surface area contributed by atoms with Crippen LogP contribution in [0.5, 0.6) is 0 Å². The first-order chi connectivity index (χ1) is 12.8. The Balaban J connectivity index is 1.43. The van der Waals surface area contributed by atoms with E-state index in [0.29, 0.717) is 18.9 Å². The Hall–Kier alpha value is -1.84. The van der Waals surface area contributed by atoms with Crippen molar-refractivity contribution in [2.75, 3.05) is 19.6 Å². The number of carbonyl (C=O) groups is 2. The molecule has 0 aromatic heterocycles. The van der Waals surface area contributed by atoms with Gasteiger partial charge in [-0.1, -0.05) is 45.0 Å². The minimum Gasteiger partial charge on any atom is -0.355 e. The summed E-state index contributed by atoms with van der Waals surface area (Å²) in [5.74, 6) is 0.891. The molecule has 1 aromatic carbocycles. The summed E-state index contributed by atoms with van der Waals surface area (Å²) in [5, 5.41) is 2.90. The van der Waals surface area contributed by atoms with Gasteiger partial charge in [-0.3, -0.25) is 9.59 Å². The monoisotopic (exact) mass is 368 g/mol. The van der Waals surface area contributed by atoms with Gasteiger partial charge in [0.1, 0.15) is 0 Å². The molecule has 1 aliphatic carbocycles. The van der Waals surface area contributed by atoms with Crippen LogP contribution >= 0.6 is 0 Å². The third-order valence-corrected chi connectivity index (χ3v) is 6.97. The zero-order chi connectivity index (χ0) is 19.2. The summed E-state index contributed by atoms with van der Waals surface area (Å²) in [4.78, 5) is 26.6. The van der Waals surface area contributed by atoms with Gasteiger partial charge in [0.05, 0.1) is 5.92 Å². The van der Waals surface area contributed by atoms with Crippen molar-refractivity contribution in [2.24, 2.45) is 11.8 Å². The molecule has 27 heavy (non-hydrogen) atoms. The molecule has 1 aromatic rings. The van der Waals surface area contributed by atoms with E-state index in [0.717, 1.165) is 32.4 Å². The van der Waals surface area contributed by atoms with Crippen LogP contribution in [0.15, 0.2) is 24.3 Å². The average molecular weight is 369 g/mol. The van der Waals surface area contributed by atoms with Crippen LogP contribution in [0, 0.1) is 11.8 Å². The van der Waals surface area contributed by atoms with Crippen molar-refractivity contribution in [2.45, 2.75) is 63.7 Å². The van der Waals surface area contributed by atoms with E-state index >= 15 is 0 Å². The molecule has 3 aliphatic rings. The minimum absolute atomic E-state index is 0.0353. The van der Waals surface area contributed by atoms with Crippen LogP contribution < -0.4 is 5.32 Å². The number of fused-ring (bicyclic) bond motifs is 1. The normalized spacial score (nSPS) is 30.9. The molecule has 2 amide bonds. The summed E-state index contributed by atoms with van der Waals surface area (Å²) in [6.45, 7) is 9.03. The predicted octanol–water partition coefficient (Wildman–Crippen LogP) is 3.39. The van der Waals surface area contributed by atoms with E-state index in [4.69, 9.17) is 0 Å². The Morgan fingerprint density at radius 3 is 2.85 bits per heavy atom. The fourth-order valence-corrected chi connectivity index (χ4v) is 5.02. The molecule has 1 N–H and O–H groups in total. The van der Waals surface area contributed by atoms with E-state index in [1.54, 1.807) is 0 Å². The molecule has 4 rings (SSSR count). The van der Waals surface area contributed by atoms with E-state index in [1.807, 2.05) is 0 Å². The Kier molecular flexibility index (Phi) is 4.56. The maximum atomic E-state index is 13.0. The molecule has 3 atom stereocenters. The lowest BCUT2D eigenvalue weighted by Gasteiger charge is -2.34. The van der Waals surface area contributed by atoms with Crippen molar-refractivity contribution < 1.29 is 9.59 Å². The Bertz CT molecular complexity index is 751. The van der Waals surface area contributed by atoms with Crippen molar-refractivity contribution in [3.63, 3.8) is 0 Å².